The predicted octanol–water partition coefficient (Wildman–Crippen LogP) is 2.51. The molecule has 0 saturated carbocycles. The van der Waals surface area contributed by atoms with Crippen molar-refractivity contribution in [2.75, 3.05) is 13.3 Å². The second kappa shape index (κ2) is 9.23. The van der Waals surface area contributed by atoms with E-state index in [1.54, 1.807) is 24.5 Å². The van der Waals surface area contributed by atoms with Gasteiger partial charge in [0.05, 0.1) is 26.6 Å². The fraction of sp³-hybridized carbons (Fsp3) is 0.273. The van der Waals surface area contributed by atoms with Crippen LogP contribution in [0.15, 0.2) is 57.2 Å². The van der Waals surface area contributed by atoms with Crippen LogP contribution in [-0.4, -0.2) is 51.0 Å². The highest BCUT2D eigenvalue weighted by Gasteiger charge is 2.23. The monoisotopic (exact) mass is 505 g/mol. The summed E-state index contributed by atoms with van der Waals surface area (Å²) in [5.74, 6) is 1.94. The van der Waals surface area contributed by atoms with Gasteiger partial charge in [0, 0.05) is 24.9 Å². The summed E-state index contributed by atoms with van der Waals surface area (Å²) in [6.45, 7) is 3.68. The molecule has 0 spiro atoms. The fourth-order valence-corrected chi connectivity index (χ4v) is 6.13. The molecule has 0 aliphatic rings. The van der Waals surface area contributed by atoms with Crippen molar-refractivity contribution in [1.82, 2.24) is 8.87 Å². The maximum atomic E-state index is 12.8. The van der Waals surface area contributed by atoms with Gasteiger partial charge in [-0.25, -0.2) is 16.8 Å². The van der Waals surface area contributed by atoms with Crippen LogP contribution in [0.1, 0.15) is 24.2 Å². The molecule has 0 radical (unpaired) electrons. The van der Waals surface area contributed by atoms with Gasteiger partial charge in [0.1, 0.15) is 0 Å². The van der Waals surface area contributed by atoms with E-state index in [1.807, 2.05) is 0 Å². The smallest absolute Gasteiger partial charge is 0.279 e. The summed E-state index contributed by atoms with van der Waals surface area (Å²) in [5.41, 5.74) is 0.873. The number of nitrogens with zero attached hydrogens (tertiary/aromatic N) is 3. The van der Waals surface area contributed by atoms with Gasteiger partial charge >= 0.3 is 0 Å². The Morgan fingerprint density at radius 3 is 2.27 bits per heavy atom. The number of thiazole rings is 1. The molecular formula is C22H23N3O5S3. The number of aromatic nitrogens is 1. The first-order valence-electron chi connectivity index (χ1n) is 9.80. The maximum Gasteiger partial charge on any atom is 0.279 e. The van der Waals surface area contributed by atoms with Gasteiger partial charge in [-0.1, -0.05) is 17.3 Å². The Morgan fingerprint density at radius 2 is 1.73 bits per heavy atom. The van der Waals surface area contributed by atoms with Crippen LogP contribution in [0.5, 0.6) is 0 Å². The second-order valence-corrected chi connectivity index (χ2v) is 12.7. The third kappa shape index (κ3) is 5.09. The Hall–Kier alpha value is -2.78. The van der Waals surface area contributed by atoms with Crippen molar-refractivity contribution in [1.29, 1.82) is 0 Å². The van der Waals surface area contributed by atoms with Crippen LogP contribution < -0.4 is 4.80 Å². The molecule has 33 heavy (non-hydrogen) atoms. The van der Waals surface area contributed by atoms with Crippen LogP contribution in [-0.2, 0) is 26.4 Å². The van der Waals surface area contributed by atoms with E-state index >= 15 is 0 Å². The molecule has 3 rings (SSSR count). The zero-order valence-corrected chi connectivity index (χ0v) is 21.0. The van der Waals surface area contributed by atoms with E-state index in [4.69, 9.17) is 6.42 Å². The Balaban J connectivity index is 2.04. The van der Waals surface area contributed by atoms with Gasteiger partial charge in [-0.2, -0.15) is 9.30 Å². The van der Waals surface area contributed by atoms with Crippen LogP contribution >= 0.6 is 11.3 Å². The van der Waals surface area contributed by atoms with Crippen molar-refractivity contribution in [2.24, 2.45) is 4.99 Å². The van der Waals surface area contributed by atoms with Gasteiger partial charge in [-0.15, -0.1) is 6.42 Å². The molecule has 3 aromatic rings. The summed E-state index contributed by atoms with van der Waals surface area (Å²) in [4.78, 5) is 17.5. The second-order valence-electron chi connectivity index (χ2n) is 7.63. The van der Waals surface area contributed by atoms with E-state index in [9.17, 15) is 21.6 Å². The number of sulfonamides is 1. The molecule has 0 saturated heterocycles. The molecular weight excluding hydrogens is 482 g/mol. The SMILES string of the molecule is C#CCn1c(=NC(=O)c2ccc(S(=O)(=O)N(C)C(C)C)cc2)sc2cc(S(C)(=O)=O)ccc21. The topological polar surface area (TPSA) is 106 Å². The van der Waals surface area contributed by atoms with E-state index in [1.165, 1.54) is 47.8 Å². The molecule has 1 heterocycles. The van der Waals surface area contributed by atoms with Crippen LogP contribution in [0.2, 0.25) is 0 Å². The Labute approximate surface area is 197 Å². The van der Waals surface area contributed by atoms with Gasteiger partial charge in [-0.05, 0) is 56.3 Å². The number of carbonyl (C=O) groups excluding carboxylic acids is 1. The first-order chi connectivity index (χ1) is 15.4. The van der Waals surface area contributed by atoms with Crippen molar-refractivity contribution < 1.29 is 21.6 Å². The van der Waals surface area contributed by atoms with Crippen molar-refractivity contribution in [2.45, 2.75) is 36.2 Å². The summed E-state index contributed by atoms with van der Waals surface area (Å²) < 4.78 is 52.5. The van der Waals surface area contributed by atoms with Gasteiger partial charge in [-0.3, -0.25) is 4.79 Å². The molecule has 0 N–H and O–H groups in total. The minimum absolute atomic E-state index is 0.0767. The van der Waals surface area contributed by atoms with E-state index in [2.05, 4.69) is 10.9 Å². The molecule has 0 fully saturated rings. The standard InChI is InChI=1S/C22H23N3O5S3/c1-6-13-25-19-12-11-18(32(5,27)28)14-20(19)31-22(25)23-21(26)16-7-9-17(10-8-16)33(29,30)24(4)15(2)3/h1,7-12,14-15H,13H2,2-5H3. The van der Waals surface area contributed by atoms with Gasteiger partial charge in [0.15, 0.2) is 14.6 Å². The maximum absolute atomic E-state index is 12.8. The van der Waals surface area contributed by atoms with Crippen LogP contribution in [0.4, 0.5) is 0 Å². The van der Waals surface area contributed by atoms with Crippen molar-refractivity contribution in [3.63, 3.8) is 0 Å². The molecule has 0 aliphatic carbocycles. The first-order valence-corrected chi connectivity index (χ1v) is 13.9. The van der Waals surface area contributed by atoms with Crippen molar-refractivity contribution >= 4 is 47.3 Å². The molecule has 0 bridgehead atoms. The lowest BCUT2D eigenvalue weighted by molar-refractivity contribution is 0.0997. The molecule has 174 valence electrons. The number of benzene rings is 2. The average molecular weight is 506 g/mol. The number of carbonyl (C=O) groups is 1. The molecule has 2 aromatic carbocycles. The molecule has 0 atom stereocenters. The lowest BCUT2D eigenvalue weighted by Crippen LogP contribution is -2.33. The number of rotatable bonds is 6. The van der Waals surface area contributed by atoms with E-state index in [0.717, 1.165) is 17.6 Å². The third-order valence-corrected chi connectivity index (χ3v) is 9.23. The first kappa shape index (κ1) is 24.9. The van der Waals surface area contributed by atoms with Gasteiger partial charge in [0.25, 0.3) is 5.91 Å². The Bertz CT molecular complexity index is 1540. The minimum Gasteiger partial charge on any atom is -0.305 e. The van der Waals surface area contributed by atoms with E-state index < -0.39 is 25.8 Å². The predicted molar refractivity (Wildman–Crippen MR) is 128 cm³/mol. The number of amides is 1. The number of hydrogen-bond donors (Lipinski definition) is 0. The summed E-state index contributed by atoms with van der Waals surface area (Å²) in [6.07, 6.45) is 6.59. The molecule has 11 heteroatoms. The number of sulfone groups is 1. The summed E-state index contributed by atoms with van der Waals surface area (Å²) in [5, 5.41) is 0. The summed E-state index contributed by atoms with van der Waals surface area (Å²) in [7, 11) is -5.57. The van der Waals surface area contributed by atoms with Crippen molar-refractivity contribution in [3.8, 4) is 12.3 Å². The van der Waals surface area contributed by atoms with Crippen molar-refractivity contribution in [3.05, 3.63) is 52.8 Å². The average Bonchev–Trinajstić information content (AvgIpc) is 3.09. The molecule has 8 nitrogen and oxygen atoms in total. The van der Waals surface area contributed by atoms with Gasteiger partial charge < -0.3 is 4.57 Å². The fourth-order valence-electron chi connectivity index (χ4n) is 2.98. The Morgan fingerprint density at radius 1 is 1.12 bits per heavy atom. The number of hydrogen-bond acceptors (Lipinski definition) is 6. The largest absolute Gasteiger partial charge is 0.305 e. The lowest BCUT2D eigenvalue weighted by Gasteiger charge is -2.20. The zero-order valence-electron chi connectivity index (χ0n) is 18.5. The van der Waals surface area contributed by atoms with Gasteiger partial charge in [0.2, 0.25) is 10.0 Å². The molecule has 1 amide bonds. The van der Waals surface area contributed by atoms with E-state index in [-0.39, 0.29) is 27.9 Å². The highest BCUT2D eigenvalue weighted by Crippen LogP contribution is 2.22. The normalized spacial score (nSPS) is 13.1. The van der Waals surface area contributed by atoms with Crippen LogP contribution in [0.3, 0.4) is 0 Å². The Kier molecular flexibility index (Phi) is 6.95. The highest BCUT2D eigenvalue weighted by atomic mass is 32.2. The third-order valence-electron chi connectivity index (χ3n) is 5.03. The lowest BCUT2D eigenvalue weighted by atomic mass is 10.2. The minimum atomic E-state index is -3.67. The summed E-state index contributed by atoms with van der Waals surface area (Å²) in [6, 6.07) is 9.99. The number of fused-ring (bicyclic) bond motifs is 1. The molecule has 1 aromatic heterocycles. The molecule has 0 aliphatic heterocycles. The van der Waals surface area contributed by atoms with Crippen LogP contribution in [0, 0.1) is 12.3 Å². The van der Waals surface area contributed by atoms with E-state index in [0.29, 0.717) is 15.0 Å². The number of terminal acetylenes is 1. The zero-order chi connectivity index (χ0) is 24.6. The highest BCUT2D eigenvalue weighted by molar-refractivity contribution is 7.90. The molecule has 0 unspecified atom stereocenters. The summed E-state index contributed by atoms with van der Waals surface area (Å²) >= 11 is 1.14. The quantitative estimate of drug-likeness (QED) is 0.479. The van der Waals surface area contributed by atoms with Crippen LogP contribution in [0.25, 0.3) is 10.2 Å².